The normalized spacial score (nSPS) is 10.8. The van der Waals surface area contributed by atoms with Gasteiger partial charge in [-0.15, -0.1) is 0 Å². The highest BCUT2D eigenvalue weighted by atomic mass is 16.5. The smallest absolute Gasteiger partial charge is 0.246 e. The molecule has 0 saturated carbocycles. The van der Waals surface area contributed by atoms with Gasteiger partial charge in [-0.2, -0.15) is 0 Å². The van der Waals surface area contributed by atoms with E-state index in [4.69, 9.17) is 4.74 Å². The third-order valence-corrected chi connectivity index (χ3v) is 3.49. The first-order valence-corrected chi connectivity index (χ1v) is 7.37. The fraction of sp³-hybridized carbons (Fsp3) is 0.235. The second-order valence-corrected chi connectivity index (χ2v) is 5.16. The van der Waals surface area contributed by atoms with Crippen LogP contribution in [0, 0.1) is 0 Å². The number of hydrogen-bond donors (Lipinski definition) is 1. The molecule has 2 heterocycles. The van der Waals surface area contributed by atoms with Crippen LogP contribution in [0.2, 0.25) is 0 Å². The van der Waals surface area contributed by atoms with E-state index in [9.17, 15) is 4.79 Å². The van der Waals surface area contributed by atoms with Crippen LogP contribution < -0.4 is 5.32 Å². The van der Waals surface area contributed by atoms with Gasteiger partial charge in [0.05, 0.1) is 13.1 Å². The Bertz CT molecular complexity index is 799. The van der Waals surface area contributed by atoms with Crippen molar-refractivity contribution in [2.45, 2.75) is 13.1 Å². The van der Waals surface area contributed by atoms with E-state index in [2.05, 4.69) is 27.4 Å². The summed E-state index contributed by atoms with van der Waals surface area (Å²) in [5, 5.41) is 2.81. The Kier molecular flexibility index (Phi) is 4.63. The Morgan fingerprint density at radius 3 is 2.83 bits per heavy atom. The van der Waals surface area contributed by atoms with Gasteiger partial charge >= 0.3 is 0 Å². The van der Waals surface area contributed by atoms with Crippen molar-refractivity contribution in [3.63, 3.8) is 0 Å². The number of benzene rings is 1. The molecular weight excluding hydrogens is 292 g/mol. The number of amides is 1. The van der Waals surface area contributed by atoms with Gasteiger partial charge in [0.15, 0.2) is 5.65 Å². The molecule has 3 rings (SSSR count). The van der Waals surface area contributed by atoms with E-state index in [1.165, 1.54) is 7.11 Å². The van der Waals surface area contributed by atoms with Gasteiger partial charge < -0.3 is 14.6 Å². The van der Waals surface area contributed by atoms with E-state index >= 15 is 0 Å². The number of nitrogens with one attached hydrogen (secondary N) is 1. The molecule has 0 radical (unpaired) electrons. The summed E-state index contributed by atoms with van der Waals surface area (Å²) in [5.41, 5.74) is 2.79. The minimum atomic E-state index is -0.168. The van der Waals surface area contributed by atoms with Crippen LogP contribution in [0.1, 0.15) is 11.4 Å². The Hall–Kier alpha value is -2.73. The fourth-order valence-electron chi connectivity index (χ4n) is 2.43. The second-order valence-electron chi connectivity index (χ2n) is 5.16. The number of carbonyl (C=O) groups is 1. The predicted octanol–water partition coefficient (Wildman–Crippen LogP) is 1.74. The highest BCUT2D eigenvalue weighted by Crippen LogP contribution is 2.15. The first-order chi connectivity index (χ1) is 11.3. The highest BCUT2D eigenvalue weighted by molar-refractivity contribution is 5.77. The van der Waals surface area contributed by atoms with Crippen molar-refractivity contribution in [2.24, 2.45) is 0 Å². The Morgan fingerprint density at radius 2 is 2.04 bits per heavy atom. The number of nitrogens with zero attached hydrogens (tertiary/aromatic N) is 3. The maximum atomic E-state index is 11.6. The third-order valence-electron chi connectivity index (χ3n) is 3.49. The van der Waals surface area contributed by atoms with Crippen LogP contribution in [0.5, 0.6) is 0 Å². The lowest BCUT2D eigenvalue weighted by molar-refractivity contribution is -0.124. The van der Waals surface area contributed by atoms with E-state index < -0.39 is 0 Å². The minimum Gasteiger partial charge on any atom is -0.375 e. The van der Waals surface area contributed by atoms with Crippen molar-refractivity contribution >= 4 is 17.1 Å². The van der Waals surface area contributed by atoms with Crippen LogP contribution in [0.4, 0.5) is 0 Å². The number of carbonyl (C=O) groups excluding carboxylic acids is 1. The summed E-state index contributed by atoms with van der Waals surface area (Å²) >= 11 is 0. The molecule has 0 unspecified atom stereocenters. The molecule has 6 heteroatoms. The van der Waals surface area contributed by atoms with Gasteiger partial charge in [-0.05, 0) is 17.7 Å². The summed E-state index contributed by atoms with van der Waals surface area (Å²) in [6.45, 7) is 1.03. The van der Waals surface area contributed by atoms with Crippen LogP contribution in [0.3, 0.4) is 0 Å². The zero-order valence-corrected chi connectivity index (χ0v) is 12.9. The van der Waals surface area contributed by atoms with Crippen LogP contribution in [-0.2, 0) is 22.6 Å². The Labute approximate surface area is 134 Å². The molecule has 0 aliphatic heterocycles. The molecule has 0 fully saturated rings. The number of fused-ring (bicyclic) bond motifs is 1. The largest absolute Gasteiger partial charge is 0.375 e. The van der Waals surface area contributed by atoms with Gasteiger partial charge in [0.2, 0.25) is 5.91 Å². The molecular formula is C17H18N4O2. The monoisotopic (exact) mass is 310 g/mol. The molecule has 0 aliphatic carbocycles. The van der Waals surface area contributed by atoms with E-state index in [1.807, 2.05) is 34.9 Å². The van der Waals surface area contributed by atoms with Crippen molar-refractivity contribution in [1.29, 1.82) is 0 Å². The maximum absolute atomic E-state index is 11.6. The number of methoxy groups -OCH3 is 1. The van der Waals surface area contributed by atoms with Gasteiger partial charge in [-0.3, -0.25) is 4.79 Å². The average molecular weight is 310 g/mol. The number of rotatable bonds is 6. The zero-order valence-electron chi connectivity index (χ0n) is 12.9. The second kappa shape index (κ2) is 7.02. The summed E-state index contributed by atoms with van der Waals surface area (Å²) in [7, 11) is 1.49. The first kappa shape index (κ1) is 15.2. The third kappa shape index (κ3) is 3.54. The van der Waals surface area contributed by atoms with Gasteiger partial charge in [-0.1, -0.05) is 30.3 Å². The van der Waals surface area contributed by atoms with Gasteiger partial charge in [0, 0.05) is 13.3 Å². The van der Waals surface area contributed by atoms with Crippen molar-refractivity contribution in [3.05, 3.63) is 60.0 Å². The number of hydrogen-bond acceptors (Lipinski definition) is 4. The molecule has 23 heavy (non-hydrogen) atoms. The number of ether oxygens (including phenoxy) is 1. The first-order valence-electron chi connectivity index (χ1n) is 7.37. The summed E-state index contributed by atoms with van der Waals surface area (Å²) < 4.78 is 6.85. The molecule has 1 aromatic carbocycles. The quantitative estimate of drug-likeness (QED) is 0.753. The van der Waals surface area contributed by atoms with E-state index in [1.54, 1.807) is 6.20 Å². The van der Waals surface area contributed by atoms with E-state index in [0.29, 0.717) is 13.1 Å². The van der Waals surface area contributed by atoms with E-state index in [-0.39, 0.29) is 12.5 Å². The predicted molar refractivity (Wildman–Crippen MR) is 86.8 cm³/mol. The molecule has 6 nitrogen and oxygen atoms in total. The van der Waals surface area contributed by atoms with Gasteiger partial charge in [0.25, 0.3) is 0 Å². The Morgan fingerprint density at radius 1 is 1.22 bits per heavy atom. The van der Waals surface area contributed by atoms with Crippen LogP contribution in [-0.4, -0.2) is 34.2 Å². The average Bonchev–Trinajstić information content (AvgIpc) is 2.92. The van der Waals surface area contributed by atoms with Gasteiger partial charge in [0.1, 0.15) is 17.9 Å². The molecule has 3 aromatic rings. The lowest BCUT2D eigenvalue weighted by atomic mass is 10.2. The summed E-state index contributed by atoms with van der Waals surface area (Å²) in [6.07, 6.45) is 1.75. The van der Waals surface area contributed by atoms with Crippen LogP contribution in [0.25, 0.3) is 11.2 Å². The number of imidazole rings is 1. The maximum Gasteiger partial charge on any atom is 0.246 e. The van der Waals surface area contributed by atoms with E-state index in [0.717, 1.165) is 22.6 Å². The summed E-state index contributed by atoms with van der Waals surface area (Å²) in [5.74, 6) is 0.603. The molecule has 2 aromatic heterocycles. The molecule has 0 atom stereocenters. The number of aromatic nitrogens is 3. The minimum absolute atomic E-state index is 0.0389. The molecule has 1 amide bonds. The fourth-order valence-corrected chi connectivity index (χ4v) is 2.43. The molecule has 0 spiro atoms. The van der Waals surface area contributed by atoms with Crippen molar-refractivity contribution in [3.8, 4) is 0 Å². The Balaban J connectivity index is 1.90. The lowest BCUT2D eigenvalue weighted by Gasteiger charge is -2.09. The highest BCUT2D eigenvalue weighted by Gasteiger charge is 2.12. The van der Waals surface area contributed by atoms with Crippen molar-refractivity contribution in [1.82, 2.24) is 19.9 Å². The number of pyridine rings is 1. The zero-order chi connectivity index (χ0) is 16.1. The van der Waals surface area contributed by atoms with Crippen LogP contribution >= 0.6 is 0 Å². The molecule has 118 valence electrons. The van der Waals surface area contributed by atoms with Gasteiger partial charge in [-0.25, -0.2) is 9.97 Å². The molecule has 1 N–H and O–H groups in total. The van der Waals surface area contributed by atoms with Crippen LogP contribution in [0.15, 0.2) is 48.7 Å². The topological polar surface area (TPSA) is 69.0 Å². The SMILES string of the molecule is COCC(=O)NCc1nc2cccnc2n1Cc1ccccc1. The lowest BCUT2D eigenvalue weighted by Crippen LogP contribution is -2.28. The van der Waals surface area contributed by atoms with Crippen molar-refractivity contribution in [2.75, 3.05) is 13.7 Å². The summed E-state index contributed by atoms with van der Waals surface area (Å²) in [4.78, 5) is 20.6. The standard InChI is InChI=1S/C17H18N4O2/c1-23-12-16(22)19-10-15-20-14-8-5-9-18-17(14)21(15)11-13-6-3-2-4-7-13/h2-9H,10-12H2,1H3,(H,19,22). The molecule has 0 bridgehead atoms. The molecule has 0 aliphatic rings. The molecule has 0 saturated heterocycles. The summed E-state index contributed by atoms with van der Waals surface area (Å²) in [6, 6.07) is 13.9. The van der Waals surface area contributed by atoms with Crippen molar-refractivity contribution < 1.29 is 9.53 Å².